The zero-order valence-electron chi connectivity index (χ0n) is 9.67. The van der Waals surface area contributed by atoms with Crippen LogP contribution in [0.5, 0.6) is 0 Å². The third-order valence-electron chi connectivity index (χ3n) is 2.71. The van der Waals surface area contributed by atoms with Crippen molar-refractivity contribution < 1.29 is 0 Å². The van der Waals surface area contributed by atoms with Crippen LogP contribution in [0.15, 0.2) is 12.5 Å². The van der Waals surface area contributed by atoms with E-state index in [0.29, 0.717) is 0 Å². The van der Waals surface area contributed by atoms with Gasteiger partial charge in [-0.25, -0.2) is 4.98 Å². The van der Waals surface area contributed by atoms with E-state index in [4.69, 9.17) is 0 Å². The molecule has 0 aliphatic rings. The number of H-pyrrole nitrogens is 2. The molecule has 0 saturated heterocycles. The number of nitrogens with one attached hydrogen (secondary N) is 3. The van der Waals surface area contributed by atoms with Crippen LogP contribution in [0.4, 0.5) is 0 Å². The lowest BCUT2D eigenvalue weighted by molar-refractivity contribution is 0.677. The second-order valence-corrected chi connectivity index (χ2v) is 3.92. The van der Waals surface area contributed by atoms with Crippen LogP contribution < -0.4 is 5.32 Å². The number of aromatic amines is 2. The molecule has 0 aliphatic carbocycles. The Kier molecular flexibility index (Phi) is 3.36. The molecule has 5 heteroatoms. The van der Waals surface area contributed by atoms with Crippen molar-refractivity contribution in [3.05, 3.63) is 35.2 Å². The lowest BCUT2D eigenvalue weighted by Crippen LogP contribution is -2.17. The molecular formula is C11H17N5. The predicted molar refractivity (Wildman–Crippen MR) is 62.1 cm³/mol. The lowest BCUT2D eigenvalue weighted by atomic mass is 10.2. The zero-order valence-corrected chi connectivity index (χ0v) is 9.67. The highest BCUT2D eigenvalue weighted by atomic mass is 15.1. The van der Waals surface area contributed by atoms with Crippen LogP contribution in [0.1, 0.15) is 22.6 Å². The quantitative estimate of drug-likeness (QED) is 0.659. The van der Waals surface area contributed by atoms with E-state index in [1.165, 1.54) is 5.56 Å². The number of aromatic nitrogens is 4. The highest BCUT2D eigenvalue weighted by Gasteiger charge is 2.04. The smallest absolute Gasteiger partial charge is 0.0921 e. The maximum absolute atomic E-state index is 4.16. The molecule has 0 aliphatic heterocycles. The summed E-state index contributed by atoms with van der Waals surface area (Å²) in [6.07, 6.45) is 4.53. The fourth-order valence-electron chi connectivity index (χ4n) is 1.69. The number of aryl methyl sites for hydroxylation is 2. The molecular weight excluding hydrogens is 202 g/mol. The van der Waals surface area contributed by atoms with Crippen molar-refractivity contribution in [2.75, 3.05) is 6.54 Å². The fraction of sp³-hybridized carbons (Fsp3) is 0.455. The molecule has 0 radical (unpaired) electrons. The summed E-state index contributed by atoms with van der Waals surface area (Å²) in [5.41, 5.74) is 4.65. The summed E-state index contributed by atoms with van der Waals surface area (Å²) >= 11 is 0. The zero-order chi connectivity index (χ0) is 11.4. The number of imidazole rings is 1. The van der Waals surface area contributed by atoms with Gasteiger partial charge in [0.1, 0.15) is 0 Å². The minimum absolute atomic E-state index is 0.863. The molecule has 5 nitrogen and oxygen atoms in total. The average molecular weight is 219 g/mol. The van der Waals surface area contributed by atoms with Crippen LogP contribution >= 0.6 is 0 Å². The van der Waals surface area contributed by atoms with Crippen LogP contribution in [0.3, 0.4) is 0 Å². The van der Waals surface area contributed by atoms with Gasteiger partial charge in [0.15, 0.2) is 0 Å². The van der Waals surface area contributed by atoms with E-state index in [1.807, 2.05) is 20.0 Å². The van der Waals surface area contributed by atoms with Gasteiger partial charge in [0, 0.05) is 42.7 Å². The molecule has 3 N–H and O–H groups in total. The van der Waals surface area contributed by atoms with E-state index in [9.17, 15) is 0 Å². The molecule has 16 heavy (non-hydrogen) atoms. The van der Waals surface area contributed by atoms with Crippen LogP contribution in [0, 0.1) is 13.8 Å². The summed E-state index contributed by atoms with van der Waals surface area (Å²) in [5, 5.41) is 10.5. The molecule has 0 aromatic carbocycles. The van der Waals surface area contributed by atoms with Gasteiger partial charge in [0.05, 0.1) is 12.0 Å². The van der Waals surface area contributed by atoms with Gasteiger partial charge in [0.25, 0.3) is 0 Å². The Morgan fingerprint density at radius 3 is 2.88 bits per heavy atom. The van der Waals surface area contributed by atoms with Crippen LogP contribution in [-0.4, -0.2) is 26.7 Å². The monoisotopic (exact) mass is 219 g/mol. The molecule has 2 aromatic rings. The summed E-state index contributed by atoms with van der Waals surface area (Å²) in [7, 11) is 0. The Bertz CT molecular complexity index is 410. The molecule has 0 unspecified atom stereocenters. The Hall–Kier alpha value is -1.62. The highest BCUT2D eigenvalue weighted by Crippen LogP contribution is 2.08. The number of rotatable bonds is 5. The van der Waals surface area contributed by atoms with E-state index >= 15 is 0 Å². The second kappa shape index (κ2) is 4.94. The first kappa shape index (κ1) is 10.9. The maximum Gasteiger partial charge on any atom is 0.0921 e. The summed E-state index contributed by atoms with van der Waals surface area (Å²) in [4.78, 5) is 7.06. The Morgan fingerprint density at radius 1 is 1.38 bits per heavy atom. The summed E-state index contributed by atoms with van der Waals surface area (Å²) < 4.78 is 0. The lowest BCUT2D eigenvalue weighted by Gasteiger charge is -2.03. The van der Waals surface area contributed by atoms with Crippen molar-refractivity contribution in [3.63, 3.8) is 0 Å². The van der Waals surface area contributed by atoms with E-state index < -0.39 is 0 Å². The van der Waals surface area contributed by atoms with Gasteiger partial charge in [-0.2, -0.15) is 5.10 Å². The Morgan fingerprint density at radius 2 is 2.25 bits per heavy atom. The summed E-state index contributed by atoms with van der Waals surface area (Å²) in [6.45, 7) is 5.87. The molecule has 0 amide bonds. The topological polar surface area (TPSA) is 69.4 Å². The number of hydrogen-bond donors (Lipinski definition) is 3. The summed E-state index contributed by atoms with van der Waals surface area (Å²) in [5.74, 6) is 0. The van der Waals surface area contributed by atoms with Crippen molar-refractivity contribution in [1.29, 1.82) is 0 Å². The third-order valence-corrected chi connectivity index (χ3v) is 2.71. The van der Waals surface area contributed by atoms with Gasteiger partial charge >= 0.3 is 0 Å². The predicted octanol–water partition coefficient (Wildman–Crippen LogP) is 1.08. The van der Waals surface area contributed by atoms with Gasteiger partial charge in [0.2, 0.25) is 0 Å². The van der Waals surface area contributed by atoms with Crippen molar-refractivity contribution in [2.24, 2.45) is 0 Å². The highest BCUT2D eigenvalue weighted by molar-refractivity contribution is 5.22. The van der Waals surface area contributed by atoms with E-state index in [1.54, 1.807) is 6.33 Å². The minimum Gasteiger partial charge on any atom is -0.348 e. The molecule has 2 heterocycles. The van der Waals surface area contributed by atoms with Crippen molar-refractivity contribution in [1.82, 2.24) is 25.5 Å². The third kappa shape index (κ3) is 2.49. The standard InChI is InChI=1S/C11H17N5/c1-8-11(9(2)16-15-8)6-12-4-3-10-5-13-7-14-10/h5,7,12H,3-4,6H2,1-2H3,(H,13,14)(H,15,16). The van der Waals surface area contributed by atoms with Gasteiger partial charge in [-0.3, -0.25) is 5.10 Å². The molecule has 2 rings (SSSR count). The first-order valence-corrected chi connectivity index (χ1v) is 5.46. The molecule has 2 aromatic heterocycles. The fourth-order valence-corrected chi connectivity index (χ4v) is 1.69. The van der Waals surface area contributed by atoms with Gasteiger partial charge in [-0.1, -0.05) is 0 Å². The molecule has 0 fully saturated rings. The van der Waals surface area contributed by atoms with E-state index in [2.05, 4.69) is 25.5 Å². The van der Waals surface area contributed by atoms with Gasteiger partial charge in [-0.15, -0.1) is 0 Å². The molecule has 0 spiro atoms. The SMILES string of the molecule is Cc1n[nH]c(C)c1CNCCc1cnc[nH]1. The first-order valence-electron chi connectivity index (χ1n) is 5.46. The van der Waals surface area contributed by atoms with Crippen LogP contribution in [0.25, 0.3) is 0 Å². The number of nitrogens with zero attached hydrogens (tertiary/aromatic N) is 2. The summed E-state index contributed by atoms with van der Waals surface area (Å²) in [6, 6.07) is 0. The van der Waals surface area contributed by atoms with Crippen molar-refractivity contribution in [3.8, 4) is 0 Å². The van der Waals surface area contributed by atoms with Crippen LogP contribution in [-0.2, 0) is 13.0 Å². The largest absolute Gasteiger partial charge is 0.348 e. The van der Waals surface area contributed by atoms with Crippen molar-refractivity contribution in [2.45, 2.75) is 26.8 Å². The van der Waals surface area contributed by atoms with E-state index in [-0.39, 0.29) is 0 Å². The molecule has 0 bridgehead atoms. The molecule has 86 valence electrons. The maximum atomic E-state index is 4.16. The van der Waals surface area contributed by atoms with Crippen LogP contribution in [0.2, 0.25) is 0 Å². The van der Waals surface area contributed by atoms with Gasteiger partial charge < -0.3 is 10.3 Å². The average Bonchev–Trinajstić information content (AvgIpc) is 2.87. The molecule has 0 saturated carbocycles. The normalized spacial score (nSPS) is 10.9. The van der Waals surface area contributed by atoms with Gasteiger partial charge in [-0.05, 0) is 13.8 Å². The second-order valence-electron chi connectivity index (χ2n) is 3.92. The van der Waals surface area contributed by atoms with Crippen molar-refractivity contribution >= 4 is 0 Å². The minimum atomic E-state index is 0.863. The first-order chi connectivity index (χ1) is 7.77. The number of hydrogen-bond acceptors (Lipinski definition) is 3. The Balaban J connectivity index is 1.76. The molecule has 0 atom stereocenters. The Labute approximate surface area is 94.7 Å². The van der Waals surface area contributed by atoms with E-state index in [0.717, 1.165) is 36.6 Å².